The maximum Gasteiger partial charge on any atom is 0.243 e. The molecule has 180 valence electrons. The number of halogens is 1. The van der Waals surface area contributed by atoms with Crippen LogP contribution in [0.25, 0.3) is 0 Å². The molecule has 0 heterocycles. The van der Waals surface area contributed by atoms with Crippen LogP contribution in [0.15, 0.2) is 71.6 Å². The minimum atomic E-state index is -3.95. The van der Waals surface area contributed by atoms with Crippen molar-refractivity contribution >= 4 is 27.5 Å². The van der Waals surface area contributed by atoms with E-state index in [1.807, 2.05) is 31.2 Å². The zero-order valence-corrected chi connectivity index (χ0v) is 20.8. The Bertz CT molecular complexity index is 1250. The smallest absolute Gasteiger partial charge is 0.243 e. The molecule has 0 aliphatic heterocycles. The molecule has 7 nitrogen and oxygen atoms in total. The predicted molar refractivity (Wildman–Crippen MR) is 132 cm³/mol. The van der Waals surface area contributed by atoms with Gasteiger partial charge in [0.05, 0.1) is 25.7 Å². The van der Waals surface area contributed by atoms with Crippen LogP contribution in [0.5, 0.6) is 11.5 Å². The molecular weight excluding hydrogens is 476 g/mol. The van der Waals surface area contributed by atoms with Crippen LogP contribution < -0.4 is 14.8 Å². The van der Waals surface area contributed by atoms with E-state index in [1.54, 1.807) is 25.3 Å². The van der Waals surface area contributed by atoms with Crippen molar-refractivity contribution in [3.63, 3.8) is 0 Å². The Morgan fingerprint density at radius 2 is 1.65 bits per heavy atom. The van der Waals surface area contributed by atoms with Crippen molar-refractivity contribution in [2.24, 2.45) is 0 Å². The van der Waals surface area contributed by atoms with Gasteiger partial charge in [-0.05, 0) is 54.4 Å². The summed E-state index contributed by atoms with van der Waals surface area (Å²) < 4.78 is 38.4. The van der Waals surface area contributed by atoms with Crippen LogP contribution in [-0.2, 0) is 27.9 Å². The summed E-state index contributed by atoms with van der Waals surface area (Å²) in [6, 6.07) is 18.7. The summed E-state index contributed by atoms with van der Waals surface area (Å²) >= 11 is 5.92. The fraction of sp³-hybridized carbons (Fsp3) is 0.240. The van der Waals surface area contributed by atoms with Crippen LogP contribution in [0.1, 0.15) is 16.7 Å². The van der Waals surface area contributed by atoms with Gasteiger partial charge in [0.25, 0.3) is 0 Å². The minimum absolute atomic E-state index is 0.0520. The average molecular weight is 503 g/mol. The number of nitrogens with zero attached hydrogens (tertiary/aromatic N) is 1. The van der Waals surface area contributed by atoms with Gasteiger partial charge in [-0.15, -0.1) is 0 Å². The van der Waals surface area contributed by atoms with Crippen LogP contribution in [0.2, 0.25) is 5.02 Å². The van der Waals surface area contributed by atoms with Crippen molar-refractivity contribution in [2.75, 3.05) is 20.8 Å². The van der Waals surface area contributed by atoms with Crippen LogP contribution in [0.3, 0.4) is 0 Å². The first-order valence-electron chi connectivity index (χ1n) is 10.5. The molecule has 0 atom stereocenters. The number of rotatable bonds is 10. The number of sulfonamides is 1. The van der Waals surface area contributed by atoms with Crippen LogP contribution in [0, 0.1) is 6.92 Å². The number of hydrogen-bond donors (Lipinski definition) is 1. The molecule has 0 fully saturated rings. The third kappa shape index (κ3) is 6.50. The molecule has 0 radical (unpaired) electrons. The van der Waals surface area contributed by atoms with Gasteiger partial charge in [-0.1, -0.05) is 47.5 Å². The van der Waals surface area contributed by atoms with Gasteiger partial charge in [0.1, 0.15) is 0 Å². The third-order valence-corrected chi connectivity index (χ3v) is 7.21. The van der Waals surface area contributed by atoms with E-state index in [1.165, 1.54) is 31.4 Å². The van der Waals surface area contributed by atoms with E-state index in [0.717, 1.165) is 21.0 Å². The standard InChI is InChI=1S/C25H27ClN2O5S/c1-18-5-4-6-20(13-18)16-28(34(30,31)22-10-8-21(26)9-11-22)17-25(29)27-15-19-7-12-23(32-2)24(14-19)33-3/h4-14H,15-17H2,1-3H3,(H,27,29). The fourth-order valence-corrected chi connectivity index (χ4v) is 4.91. The minimum Gasteiger partial charge on any atom is -0.493 e. The van der Waals surface area contributed by atoms with Gasteiger partial charge in [0, 0.05) is 18.1 Å². The van der Waals surface area contributed by atoms with Crippen molar-refractivity contribution in [2.45, 2.75) is 24.9 Å². The lowest BCUT2D eigenvalue weighted by atomic mass is 10.1. The van der Waals surface area contributed by atoms with Crippen molar-refractivity contribution in [1.82, 2.24) is 9.62 Å². The van der Waals surface area contributed by atoms with Gasteiger partial charge >= 0.3 is 0 Å². The number of hydrogen-bond acceptors (Lipinski definition) is 5. The highest BCUT2D eigenvalue weighted by Crippen LogP contribution is 2.27. The molecule has 3 aromatic rings. The number of nitrogens with one attached hydrogen (secondary N) is 1. The Hall–Kier alpha value is -3.07. The van der Waals surface area contributed by atoms with Gasteiger partial charge in [-0.2, -0.15) is 4.31 Å². The lowest BCUT2D eigenvalue weighted by Crippen LogP contribution is -2.40. The molecule has 0 saturated heterocycles. The summed E-state index contributed by atoms with van der Waals surface area (Å²) in [6.07, 6.45) is 0. The predicted octanol–water partition coefficient (Wildman–Crippen LogP) is 4.17. The van der Waals surface area contributed by atoms with E-state index in [-0.39, 0.29) is 24.5 Å². The zero-order valence-electron chi connectivity index (χ0n) is 19.2. The SMILES string of the molecule is COc1ccc(CNC(=O)CN(Cc2cccc(C)c2)S(=O)(=O)c2ccc(Cl)cc2)cc1OC. The quantitative estimate of drug-likeness (QED) is 0.449. The molecule has 1 amide bonds. The van der Waals surface area contributed by atoms with Gasteiger partial charge in [-0.25, -0.2) is 8.42 Å². The second-order valence-electron chi connectivity index (χ2n) is 7.68. The molecule has 0 aliphatic rings. The maximum atomic E-state index is 13.4. The summed E-state index contributed by atoms with van der Waals surface area (Å²) in [5, 5.41) is 3.21. The molecule has 3 aromatic carbocycles. The molecule has 0 saturated carbocycles. The Balaban J connectivity index is 1.79. The zero-order chi connectivity index (χ0) is 24.7. The third-order valence-electron chi connectivity index (χ3n) is 5.15. The van der Waals surface area contributed by atoms with Crippen LogP contribution in [-0.4, -0.2) is 39.4 Å². The van der Waals surface area contributed by atoms with E-state index < -0.39 is 15.9 Å². The highest BCUT2D eigenvalue weighted by molar-refractivity contribution is 7.89. The monoisotopic (exact) mass is 502 g/mol. The average Bonchev–Trinajstić information content (AvgIpc) is 2.82. The molecule has 9 heteroatoms. The normalized spacial score (nSPS) is 11.3. The van der Waals surface area contributed by atoms with Crippen LogP contribution in [0.4, 0.5) is 0 Å². The molecule has 0 aliphatic carbocycles. The second kappa shape index (κ2) is 11.4. The highest BCUT2D eigenvalue weighted by atomic mass is 35.5. The van der Waals surface area contributed by atoms with E-state index in [2.05, 4.69) is 5.32 Å². The van der Waals surface area contributed by atoms with E-state index >= 15 is 0 Å². The number of aryl methyl sites for hydroxylation is 1. The lowest BCUT2D eigenvalue weighted by Gasteiger charge is -2.22. The maximum absolute atomic E-state index is 13.4. The first-order valence-corrected chi connectivity index (χ1v) is 12.3. The van der Waals surface area contributed by atoms with Crippen molar-refractivity contribution in [3.8, 4) is 11.5 Å². The number of ether oxygens (including phenoxy) is 2. The molecule has 0 bridgehead atoms. The summed E-state index contributed by atoms with van der Waals surface area (Å²) in [6.45, 7) is 1.85. The van der Waals surface area contributed by atoms with Crippen molar-refractivity contribution < 1.29 is 22.7 Å². The van der Waals surface area contributed by atoms with E-state index in [4.69, 9.17) is 21.1 Å². The number of amides is 1. The number of carbonyl (C=O) groups is 1. The van der Waals surface area contributed by atoms with Crippen LogP contribution >= 0.6 is 11.6 Å². The first kappa shape index (κ1) is 25.6. The summed E-state index contributed by atoms with van der Waals surface area (Å²) in [5.74, 6) is 0.691. The summed E-state index contributed by atoms with van der Waals surface area (Å²) in [7, 11) is -0.872. The molecule has 0 aromatic heterocycles. The molecule has 0 unspecified atom stereocenters. The summed E-state index contributed by atoms with van der Waals surface area (Å²) in [4.78, 5) is 12.9. The lowest BCUT2D eigenvalue weighted by molar-refractivity contribution is -0.121. The molecule has 34 heavy (non-hydrogen) atoms. The number of methoxy groups -OCH3 is 2. The number of carbonyl (C=O) groups excluding carboxylic acids is 1. The molecular formula is C25H27ClN2O5S. The number of benzene rings is 3. The highest BCUT2D eigenvalue weighted by Gasteiger charge is 2.27. The topological polar surface area (TPSA) is 84.9 Å². The molecule has 0 spiro atoms. The second-order valence-corrected chi connectivity index (χ2v) is 10.1. The van der Waals surface area contributed by atoms with Gasteiger partial charge in [0.2, 0.25) is 15.9 Å². The van der Waals surface area contributed by atoms with E-state index in [9.17, 15) is 13.2 Å². The Kier molecular flexibility index (Phi) is 8.55. The molecule has 3 rings (SSSR count). The largest absolute Gasteiger partial charge is 0.493 e. The molecule has 1 N–H and O–H groups in total. The van der Waals surface area contributed by atoms with Crippen molar-refractivity contribution in [1.29, 1.82) is 0 Å². The Morgan fingerprint density at radius 1 is 0.941 bits per heavy atom. The van der Waals surface area contributed by atoms with Crippen molar-refractivity contribution in [3.05, 3.63) is 88.4 Å². The van der Waals surface area contributed by atoms with Gasteiger partial charge in [0.15, 0.2) is 11.5 Å². The Morgan fingerprint density at radius 3 is 2.29 bits per heavy atom. The fourth-order valence-electron chi connectivity index (χ4n) is 3.40. The Labute approximate surface area is 205 Å². The summed E-state index contributed by atoms with van der Waals surface area (Å²) in [5.41, 5.74) is 2.57. The first-order chi connectivity index (χ1) is 16.2. The van der Waals surface area contributed by atoms with E-state index in [0.29, 0.717) is 16.5 Å². The van der Waals surface area contributed by atoms with Gasteiger partial charge < -0.3 is 14.8 Å². The van der Waals surface area contributed by atoms with Gasteiger partial charge in [-0.3, -0.25) is 4.79 Å².